The van der Waals surface area contributed by atoms with Gasteiger partial charge in [0.15, 0.2) is 5.76 Å². The quantitative estimate of drug-likeness (QED) is 0.297. The molecule has 0 aliphatic heterocycles. The largest absolute Gasteiger partial charge is 0.452 e. The Morgan fingerprint density at radius 3 is 2.63 bits per heavy atom. The minimum absolute atomic E-state index is 0.124. The average Bonchev–Trinajstić information content (AvgIpc) is 3.14. The molecule has 0 atom stereocenters. The lowest BCUT2D eigenvalue weighted by atomic mass is 9.72. The molecule has 1 N–H and O–H groups in total. The van der Waals surface area contributed by atoms with Crippen molar-refractivity contribution in [1.29, 1.82) is 0 Å². The van der Waals surface area contributed by atoms with Crippen LogP contribution in [0.15, 0.2) is 45.4 Å². The Kier molecular flexibility index (Phi) is 9.68. The molecule has 1 aliphatic carbocycles. The first-order valence-corrected chi connectivity index (χ1v) is 11.8. The molecule has 0 saturated heterocycles. The number of allylic oxidation sites excluding steroid dienone is 5. The van der Waals surface area contributed by atoms with Crippen molar-refractivity contribution in [3.63, 3.8) is 0 Å². The van der Waals surface area contributed by atoms with Gasteiger partial charge in [0.2, 0.25) is 0 Å². The average molecular weight is 412 g/mol. The van der Waals surface area contributed by atoms with Crippen LogP contribution in [0.1, 0.15) is 109 Å². The maximum atomic E-state index is 12.3. The van der Waals surface area contributed by atoms with Crippen LogP contribution in [0.25, 0.3) is 6.08 Å². The number of hydrogen-bond acceptors (Lipinski definition) is 2. The Labute approximate surface area is 183 Å². The lowest BCUT2D eigenvalue weighted by Crippen LogP contribution is -2.23. The molecule has 2 rings (SSSR count). The Bertz CT molecular complexity index is 777. The first-order chi connectivity index (χ1) is 14.3. The van der Waals surface area contributed by atoms with Crippen molar-refractivity contribution >= 4 is 12.0 Å². The summed E-state index contributed by atoms with van der Waals surface area (Å²) < 4.78 is 5.75. The summed E-state index contributed by atoms with van der Waals surface area (Å²) in [6.07, 6.45) is 17.4. The molecule has 30 heavy (non-hydrogen) atoms. The van der Waals surface area contributed by atoms with E-state index < -0.39 is 0 Å². The second-order valence-electron chi connectivity index (χ2n) is 9.38. The van der Waals surface area contributed by atoms with Crippen molar-refractivity contribution in [3.05, 3.63) is 52.5 Å². The van der Waals surface area contributed by atoms with Crippen LogP contribution in [0.3, 0.4) is 0 Å². The summed E-state index contributed by atoms with van der Waals surface area (Å²) in [6, 6.07) is 3.63. The number of furan rings is 1. The van der Waals surface area contributed by atoms with E-state index in [9.17, 15) is 4.79 Å². The fourth-order valence-corrected chi connectivity index (χ4v) is 4.24. The van der Waals surface area contributed by atoms with E-state index in [4.69, 9.17) is 4.42 Å². The summed E-state index contributed by atoms with van der Waals surface area (Å²) in [5.41, 5.74) is 4.31. The van der Waals surface area contributed by atoms with E-state index in [1.54, 1.807) is 6.07 Å². The Balaban J connectivity index is 1.86. The molecular formula is C27H41NO2. The molecule has 0 unspecified atom stereocenters. The molecule has 1 aromatic heterocycles. The van der Waals surface area contributed by atoms with Crippen LogP contribution >= 0.6 is 0 Å². The van der Waals surface area contributed by atoms with Gasteiger partial charge < -0.3 is 9.73 Å². The molecule has 0 saturated carbocycles. The molecule has 0 bridgehead atoms. The summed E-state index contributed by atoms with van der Waals surface area (Å²) in [7, 11) is 0. The molecule has 1 aliphatic rings. The monoisotopic (exact) mass is 411 g/mol. The van der Waals surface area contributed by atoms with E-state index in [2.05, 4.69) is 52.1 Å². The summed E-state index contributed by atoms with van der Waals surface area (Å²) in [5.74, 6) is 0.979. The lowest BCUT2D eigenvalue weighted by molar-refractivity contribution is 0.0925. The topological polar surface area (TPSA) is 42.2 Å². The van der Waals surface area contributed by atoms with Crippen molar-refractivity contribution in [3.8, 4) is 0 Å². The van der Waals surface area contributed by atoms with Gasteiger partial charge in [0.25, 0.3) is 5.91 Å². The van der Waals surface area contributed by atoms with Gasteiger partial charge in [-0.25, -0.2) is 0 Å². The summed E-state index contributed by atoms with van der Waals surface area (Å²) in [4.78, 5) is 12.3. The van der Waals surface area contributed by atoms with Crippen LogP contribution in [0, 0.1) is 5.41 Å². The maximum absolute atomic E-state index is 12.3. The van der Waals surface area contributed by atoms with Gasteiger partial charge in [-0.05, 0) is 74.3 Å². The number of unbranched alkanes of at least 4 members (excludes halogenated alkanes) is 5. The zero-order valence-corrected chi connectivity index (χ0v) is 19.8. The van der Waals surface area contributed by atoms with Crippen molar-refractivity contribution in [2.24, 2.45) is 5.41 Å². The van der Waals surface area contributed by atoms with Crippen molar-refractivity contribution in [2.75, 3.05) is 6.54 Å². The SMILES string of the molecule is CCCCCCCCNC(=O)c1ccc(/C=C(\C)C=CC2=C(C)CCCC2(C)C)o1. The van der Waals surface area contributed by atoms with Gasteiger partial charge in [-0.2, -0.15) is 0 Å². The molecule has 0 spiro atoms. The Hall–Kier alpha value is -2.03. The standard InChI is InChI=1S/C27H41NO2/c1-6-7-8-9-10-11-19-28-26(29)25-17-15-23(30-25)20-21(2)14-16-24-22(3)13-12-18-27(24,4)5/h14-17,20H,6-13,18-19H2,1-5H3,(H,28,29)/b16-14?,21-20+. The van der Waals surface area contributed by atoms with Gasteiger partial charge in [-0.3, -0.25) is 4.79 Å². The summed E-state index contributed by atoms with van der Waals surface area (Å²) >= 11 is 0. The predicted octanol–water partition coefficient (Wildman–Crippen LogP) is 7.86. The highest BCUT2D eigenvalue weighted by atomic mass is 16.3. The minimum atomic E-state index is -0.124. The van der Waals surface area contributed by atoms with Gasteiger partial charge in [0, 0.05) is 6.54 Å². The molecule has 3 heteroatoms. The maximum Gasteiger partial charge on any atom is 0.287 e. The highest BCUT2D eigenvalue weighted by molar-refractivity contribution is 5.91. The number of rotatable bonds is 11. The van der Waals surface area contributed by atoms with Crippen LogP contribution in [0.2, 0.25) is 0 Å². The van der Waals surface area contributed by atoms with Gasteiger partial charge in [-0.15, -0.1) is 0 Å². The molecule has 166 valence electrons. The molecule has 3 nitrogen and oxygen atoms in total. The molecular weight excluding hydrogens is 370 g/mol. The molecule has 1 amide bonds. The third kappa shape index (κ3) is 7.66. The number of carbonyl (C=O) groups excluding carboxylic acids is 1. The highest BCUT2D eigenvalue weighted by Gasteiger charge is 2.26. The predicted molar refractivity (Wildman–Crippen MR) is 128 cm³/mol. The van der Waals surface area contributed by atoms with Crippen LogP contribution in [-0.4, -0.2) is 12.5 Å². The van der Waals surface area contributed by atoms with E-state index in [0.29, 0.717) is 12.3 Å². The summed E-state index contributed by atoms with van der Waals surface area (Å²) in [6.45, 7) is 11.9. The van der Waals surface area contributed by atoms with Crippen molar-refractivity contribution in [2.45, 2.75) is 92.4 Å². The Morgan fingerprint density at radius 1 is 1.17 bits per heavy atom. The molecule has 1 aromatic rings. The van der Waals surface area contributed by atoms with Gasteiger partial charge in [0.05, 0.1) is 0 Å². The molecule has 1 heterocycles. The van der Waals surface area contributed by atoms with Crippen molar-refractivity contribution < 1.29 is 9.21 Å². The minimum Gasteiger partial charge on any atom is -0.452 e. The smallest absolute Gasteiger partial charge is 0.287 e. The normalized spacial score (nSPS) is 17.0. The van der Waals surface area contributed by atoms with E-state index in [1.165, 1.54) is 62.5 Å². The van der Waals surface area contributed by atoms with Crippen molar-refractivity contribution in [1.82, 2.24) is 5.32 Å². The number of carbonyl (C=O) groups is 1. The van der Waals surface area contributed by atoms with Crippen LogP contribution in [0.5, 0.6) is 0 Å². The zero-order valence-electron chi connectivity index (χ0n) is 19.8. The fraction of sp³-hybridized carbons (Fsp3) is 0.593. The van der Waals surface area contributed by atoms with E-state index in [1.807, 2.05) is 12.1 Å². The second kappa shape index (κ2) is 12.0. The van der Waals surface area contributed by atoms with Gasteiger partial charge in [0.1, 0.15) is 5.76 Å². The number of nitrogens with one attached hydrogen (secondary N) is 1. The lowest BCUT2D eigenvalue weighted by Gasteiger charge is -2.32. The first-order valence-electron chi connectivity index (χ1n) is 11.8. The van der Waals surface area contributed by atoms with Gasteiger partial charge in [-0.1, -0.05) is 70.6 Å². The van der Waals surface area contributed by atoms with E-state index in [0.717, 1.165) is 17.8 Å². The molecule has 0 fully saturated rings. The zero-order chi connectivity index (χ0) is 22.0. The number of amides is 1. The third-order valence-electron chi connectivity index (χ3n) is 6.09. The fourth-order valence-electron chi connectivity index (χ4n) is 4.24. The van der Waals surface area contributed by atoms with E-state index >= 15 is 0 Å². The molecule has 0 aromatic carbocycles. The second-order valence-corrected chi connectivity index (χ2v) is 9.38. The highest BCUT2D eigenvalue weighted by Crippen LogP contribution is 2.40. The summed E-state index contributed by atoms with van der Waals surface area (Å²) in [5, 5.41) is 2.97. The molecule has 0 radical (unpaired) electrons. The van der Waals surface area contributed by atoms with E-state index in [-0.39, 0.29) is 11.3 Å². The van der Waals surface area contributed by atoms with Gasteiger partial charge >= 0.3 is 0 Å². The number of hydrogen-bond donors (Lipinski definition) is 1. The van der Waals surface area contributed by atoms with Crippen LogP contribution < -0.4 is 5.32 Å². The first kappa shape index (κ1) is 24.2. The Morgan fingerprint density at radius 2 is 1.90 bits per heavy atom. The van der Waals surface area contributed by atoms with Crippen LogP contribution in [0.4, 0.5) is 0 Å². The third-order valence-corrected chi connectivity index (χ3v) is 6.09. The van der Waals surface area contributed by atoms with Crippen LogP contribution in [-0.2, 0) is 0 Å².